The summed E-state index contributed by atoms with van der Waals surface area (Å²) in [6.45, 7) is 3.81. The second-order valence-electron chi connectivity index (χ2n) is 3.76. The lowest BCUT2D eigenvalue weighted by molar-refractivity contribution is 0.177. The lowest BCUT2D eigenvalue weighted by Gasteiger charge is -2.20. The number of nitrogens with one attached hydrogen (secondary N) is 1. The molecule has 0 spiro atoms. The smallest absolute Gasteiger partial charge is 0.0519 e. The molecule has 2 atom stereocenters. The monoisotopic (exact) mass is 212 g/mol. The second-order valence-corrected chi connectivity index (χ2v) is 4.87. The van der Waals surface area contributed by atoms with Gasteiger partial charge >= 0.3 is 0 Å². The molecular formula is C10H16N2OS. The zero-order chi connectivity index (χ0) is 9.97. The zero-order valence-electron chi connectivity index (χ0n) is 8.32. The van der Waals surface area contributed by atoms with Crippen molar-refractivity contribution in [2.24, 2.45) is 11.8 Å². The first kappa shape index (κ1) is 10.1. The van der Waals surface area contributed by atoms with Crippen molar-refractivity contribution in [2.45, 2.75) is 19.4 Å². The fourth-order valence-electron chi connectivity index (χ4n) is 1.95. The molecule has 78 valence electrons. The van der Waals surface area contributed by atoms with Gasteiger partial charge in [0.15, 0.2) is 0 Å². The summed E-state index contributed by atoms with van der Waals surface area (Å²) in [5, 5.41) is 2.18. The number of hydrogen-bond donors (Lipinski definition) is 2. The van der Waals surface area contributed by atoms with E-state index in [0.29, 0.717) is 5.92 Å². The van der Waals surface area contributed by atoms with Crippen LogP contribution in [0.25, 0.3) is 0 Å². The number of hydrogen-bond acceptors (Lipinski definition) is 4. The molecule has 1 aliphatic heterocycles. The van der Waals surface area contributed by atoms with Gasteiger partial charge in [0.1, 0.15) is 0 Å². The largest absolute Gasteiger partial charge is 0.381 e. The van der Waals surface area contributed by atoms with Gasteiger partial charge in [0.2, 0.25) is 0 Å². The van der Waals surface area contributed by atoms with Gasteiger partial charge in [-0.05, 0) is 30.4 Å². The minimum Gasteiger partial charge on any atom is -0.381 e. The van der Waals surface area contributed by atoms with E-state index in [4.69, 9.17) is 10.6 Å². The molecule has 3 N–H and O–H groups in total. The maximum Gasteiger partial charge on any atom is 0.0519 e. The highest BCUT2D eigenvalue weighted by molar-refractivity contribution is 7.10. The van der Waals surface area contributed by atoms with Crippen molar-refractivity contribution >= 4 is 11.3 Å². The van der Waals surface area contributed by atoms with Crippen LogP contribution in [0.1, 0.15) is 22.9 Å². The Balaban J connectivity index is 2.12. The molecular weight excluding hydrogens is 196 g/mol. The van der Waals surface area contributed by atoms with E-state index in [2.05, 4.69) is 23.8 Å². The Labute approximate surface area is 88.2 Å². The lowest BCUT2D eigenvalue weighted by Crippen LogP contribution is -2.33. The summed E-state index contributed by atoms with van der Waals surface area (Å²) >= 11 is 1.77. The summed E-state index contributed by atoms with van der Waals surface area (Å²) in [5.74, 6) is 6.12. The number of aryl methyl sites for hydroxylation is 1. The Kier molecular flexibility index (Phi) is 3.18. The summed E-state index contributed by atoms with van der Waals surface area (Å²) < 4.78 is 5.38. The van der Waals surface area contributed by atoms with Crippen LogP contribution < -0.4 is 11.3 Å². The normalized spacial score (nSPS) is 24.0. The van der Waals surface area contributed by atoms with Gasteiger partial charge in [-0.1, -0.05) is 0 Å². The molecule has 0 amide bonds. The van der Waals surface area contributed by atoms with Gasteiger partial charge < -0.3 is 4.74 Å². The fourth-order valence-corrected chi connectivity index (χ4v) is 2.69. The minimum absolute atomic E-state index is 0.252. The highest BCUT2D eigenvalue weighted by Gasteiger charge is 2.26. The van der Waals surface area contributed by atoms with E-state index in [-0.39, 0.29) is 6.04 Å². The topological polar surface area (TPSA) is 47.3 Å². The molecule has 2 unspecified atom stereocenters. The van der Waals surface area contributed by atoms with E-state index in [1.54, 1.807) is 11.3 Å². The second kappa shape index (κ2) is 4.40. The van der Waals surface area contributed by atoms with Crippen molar-refractivity contribution in [3.63, 3.8) is 0 Å². The average molecular weight is 212 g/mol. The van der Waals surface area contributed by atoms with Crippen LogP contribution in [0.5, 0.6) is 0 Å². The van der Waals surface area contributed by atoms with Crippen LogP contribution in [-0.2, 0) is 4.74 Å². The van der Waals surface area contributed by atoms with Crippen molar-refractivity contribution < 1.29 is 4.74 Å². The van der Waals surface area contributed by atoms with Crippen LogP contribution in [0.2, 0.25) is 0 Å². The number of rotatable bonds is 3. The third-order valence-corrected chi connectivity index (χ3v) is 3.61. The fraction of sp³-hybridized carbons (Fsp3) is 0.600. The molecule has 1 fully saturated rings. The highest BCUT2D eigenvalue weighted by atomic mass is 32.1. The lowest BCUT2D eigenvalue weighted by atomic mass is 9.95. The van der Waals surface area contributed by atoms with Crippen LogP contribution in [0, 0.1) is 12.8 Å². The van der Waals surface area contributed by atoms with Gasteiger partial charge in [-0.2, -0.15) is 0 Å². The summed E-state index contributed by atoms with van der Waals surface area (Å²) in [6.07, 6.45) is 1.10. The van der Waals surface area contributed by atoms with Gasteiger partial charge in [-0.3, -0.25) is 11.3 Å². The van der Waals surface area contributed by atoms with E-state index in [1.165, 1.54) is 10.4 Å². The van der Waals surface area contributed by atoms with E-state index in [1.807, 2.05) is 0 Å². The Morgan fingerprint density at radius 1 is 1.71 bits per heavy atom. The minimum atomic E-state index is 0.252. The molecule has 0 aliphatic carbocycles. The summed E-state index contributed by atoms with van der Waals surface area (Å²) in [6, 6.07) is 2.45. The molecule has 14 heavy (non-hydrogen) atoms. The maximum atomic E-state index is 5.59. The molecule has 2 heterocycles. The van der Waals surface area contributed by atoms with E-state index < -0.39 is 0 Å². The van der Waals surface area contributed by atoms with Gasteiger partial charge in [0, 0.05) is 17.4 Å². The molecule has 0 aromatic carbocycles. The Bertz CT molecular complexity index is 294. The molecule has 1 aromatic rings. The predicted octanol–water partition coefficient (Wildman–Crippen LogP) is 1.60. The first-order valence-electron chi connectivity index (χ1n) is 4.90. The molecule has 1 aliphatic rings. The molecule has 0 saturated carbocycles. The first-order valence-corrected chi connectivity index (χ1v) is 5.78. The number of ether oxygens (including phenoxy) is 1. The SMILES string of the molecule is Cc1cc(C(NN)C2CCOC2)cs1. The molecule has 0 radical (unpaired) electrons. The van der Waals surface area contributed by atoms with Crippen molar-refractivity contribution in [1.29, 1.82) is 0 Å². The Hall–Kier alpha value is -0.420. The molecule has 2 rings (SSSR count). The van der Waals surface area contributed by atoms with Crippen molar-refractivity contribution in [3.8, 4) is 0 Å². The molecule has 1 saturated heterocycles. The molecule has 1 aromatic heterocycles. The quantitative estimate of drug-likeness (QED) is 0.591. The number of thiophene rings is 1. The van der Waals surface area contributed by atoms with E-state index in [0.717, 1.165) is 19.6 Å². The summed E-state index contributed by atoms with van der Waals surface area (Å²) in [5.41, 5.74) is 4.20. The first-order chi connectivity index (χ1) is 6.81. The van der Waals surface area contributed by atoms with E-state index >= 15 is 0 Å². The maximum absolute atomic E-state index is 5.59. The van der Waals surface area contributed by atoms with Gasteiger partial charge in [-0.15, -0.1) is 11.3 Å². The van der Waals surface area contributed by atoms with Crippen molar-refractivity contribution in [2.75, 3.05) is 13.2 Å². The summed E-state index contributed by atoms with van der Waals surface area (Å²) in [7, 11) is 0. The van der Waals surface area contributed by atoms with Crippen LogP contribution in [0.15, 0.2) is 11.4 Å². The molecule has 4 heteroatoms. The van der Waals surface area contributed by atoms with Gasteiger partial charge in [-0.25, -0.2) is 0 Å². The van der Waals surface area contributed by atoms with Crippen LogP contribution in [0.4, 0.5) is 0 Å². The van der Waals surface area contributed by atoms with Gasteiger partial charge in [0.25, 0.3) is 0 Å². The van der Waals surface area contributed by atoms with Crippen LogP contribution in [-0.4, -0.2) is 13.2 Å². The predicted molar refractivity (Wildman–Crippen MR) is 58.0 cm³/mol. The molecule has 3 nitrogen and oxygen atoms in total. The third-order valence-electron chi connectivity index (χ3n) is 2.73. The third kappa shape index (κ3) is 1.98. The molecule has 0 bridgehead atoms. The van der Waals surface area contributed by atoms with Crippen LogP contribution >= 0.6 is 11.3 Å². The highest BCUT2D eigenvalue weighted by Crippen LogP contribution is 2.30. The average Bonchev–Trinajstić information content (AvgIpc) is 2.79. The number of hydrazine groups is 1. The van der Waals surface area contributed by atoms with Crippen molar-refractivity contribution in [3.05, 3.63) is 21.9 Å². The standard InChI is InChI=1S/C10H16N2OS/c1-7-4-9(6-14-7)10(12-11)8-2-3-13-5-8/h4,6,8,10,12H,2-3,5,11H2,1H3. The number of nitrogens with two attached hydrogens (primary N) is 1. The van der Waals surface area contributed by atoms with Crippen LogP contribution in [0.3, 0.4) is 0 Å². The van der Waals surface area contributed by atoms with Crippen molar-refractivity contribution in [1.82, 2.24) is 5.43 Å². The zero-order valence-corrected chi connectivity index (χ0v) is 9.14. The Morgan fingerprint density at radius 3 is 3.07 bits per heavy atom. The summed E-state index contributed by atoms with van der Waals surface area (Å²) in [4.78, 5) is 1.33. The van der Waals surface area contributed by atoms with Gasteiger partial charge in [0.05, 0.1) is 12.6 Å². The van der Waals surface area contributed by atoms with E-state index in [9.17, 15) is 0 Å². The Morgan fingerprint density at radius 2 is 2.57 bits per heavy atom.